The zero-order valence-corrected chi connectivity index (χ0v) is 11.2. The Morgan fingerprint density at radius 1 is 1.40 bits per heavy atom. The van der Waals surface area contributed by atoms with Gasteiger partial charge in [0.25, 0.3) is 0 Å². The molecule has 0 aromatic carbocycles. The van der Waals surface area contributed by atoms with Gasteiger partial charge in [-0.05, 0) is 50.1 Å². The highest BCUT2D eigenvalue weighted by Gasteiger charge is 2.04. The second-order valence-electron chi connectivity index (χ2n) is 3.52. The van der Waals surface area contributed by atoms with Crippen molar-refractivity contribution in [2.24, 2.45) is 0 Å². The first-order valence-corrected chi connectivity index (χ1v) is 7.76. The van der Waals surface area contributed by atoms with E-state index in [0.717, 1.165) is 12.1 Å². The first-order valence-electron chi connectivity index (χ1n) is 5.03. The van der Waals surface area contributed by atoms with E-state index in [1.54, 1.807) is 0 Å². The van der Waals surface area contributed by atoms with Crippen molar-refractivity contribution < 1.29 is 0 Å². The fraction of sp³-hybridized carbons (Fsp3) is 0.545. The third-order valence-electron chi connectivity index (χ3n) is 2.35. The molecule has 0 fully saturated rings. The van der Waals surface area contributed by atoms with Gasteiger partial charge in [0.05, 0.1) is 0 Å². The first-order chi connectivity index (χ1) is 7.15. The summed E-state index contributed by atoms with van der Waals surface area (Å²) in [6, 6.07) is 1.96. The van der Waals surface area contributed by atoms with Crippen molar-refractivity contribution >= 4 is 27.4 Å². The first kappa shape index (κ1) is 12.7. The van der Waals surface area contributed by atoms with Crippen LogP contribution in [0.5, 0.6) is 0 Å². The number of hydrogen-bond donors (Lipinski definition) is 1. The summed E-state index contributed by atoms with van der Waals surface area (Å²) >= 11 is 0. The minimum absolute atomic E-state index is 0.632. The van der Waals surface area contributed by atoms with E-state index in [1.807, 2.05) is 34.6 Å². The smallest absolute Gasteiger partial charge is 0.123 e. The van der Waals surface area contributed by atoms with Crippen LogP contribution in [0.3, 0.4) is 0 Å². The zero-order chi connectivity index (χ0) is 11.3. The van der Waals surface area contributed by atoms with E-state index in [2.05, 4.69) is 18.2 Å². The maximum absolute atomic E-state index is 5.69. The number of hydrogen-bond acceptors (Lipinski definition) is 4. The summed E-state index contributed by atoms with van der Waals surface area (Å²) in [4.78, 5) is 4.30. The molecule has 0 amide bonds. The highest BCUT2D eigenvalue weighted by molar-refractivity contribution is 8.76. The van der Waals surface area contributed by atoms with Gasteiger partial charge >= 0.3 is 0 Å². The van der Waals surface area contributed by atoms with E-state index < -0.39 is 0 Å². The lowest BCUT2D eigenvalue weighted by Gasteiger charge is -2.09. The van der Waals surface area contributed by atoms with E-state index in [1.165, 1.54) is 23.3 Å². The summed E-state index contributed by atoms with van der Waals surface area (Å²) in [5.41, 5.74) is 9.41. The van der Waals surface area contributed by atoms with Crippen LogP contribution >= 0.6 is 21.6 Å². The standard InChI is InChI=1S/C11H18N2S2/c1-8-7-11(12)13-9(2)10(8)5-4-6-15-14-3/h7H,4-6H2,1-3H3,(H2,12,13). The number of nitrogen functional groups attached to an aromatic ring is 1. The molecule has 4 heteroatoms. The van der Waals surface area contributed by atoms with Gasteiger partial charge in [-0.1, -0.05) is 21.6 Å². The molecule has 0 spiro atoms. The molecule has 0 aliphatic rings. The molecule has 2 N–H and O–H groups in total. The maximum atomic E-state index is 5.69. The van der Waals surface area contributed by atoms with Gasteiger partial charge in [-0.3, -0.25) is 0 Å². The lowest BCUT2D eigenvalue weighted by atomic mass is 10.0. The molecule has 0 saturated carbocycles. The normalized spacial score (nSPS) is 10.6. The molecule has 84 valence electrons. The molecule has 0 radical (unpaired) electrons. The van der Waals surface area contributed by atoms with Crippen LogP contribution in [0.1, 0.15) is 23.2 Å². The van der Waals surface area contributed by atoms with Gasteiger partial charge in [-0.2, -0.15) is 0 Å². The molecule has 0 unspecified atom stereocenters. The maximum Gasteiger partial charge on any atom is 0.123 e. The SMILES string of the molecule is CSSCCCc1c(C)cc(N)nc1C. The van der Waals surface area contributed by atoms with Gasteiger partial charge < -0.3 is 5.73 Å². The number of nitrogens with zero attached hydrogens (tertiary/aromatic N) is 1. The lowest BCUT2D eigenvalue weighted by molar-refractivity contribution is 0.900. The van der Waals surface area contributed by atoms with E-state index in [4.69, 9.17) is 5.73 Å². The average molecular weight is 242 g/mol. The van der Waals surface area contributed by atoms with Crippen LogP contribution in [0.2, 0.25) is 0 Å². The predicted molar refractivity (Wildman–Crippen MR) is 72.4 cm³/mol. The summed E-state index contributed by atoms with van der Waals surface area (Å²) in [5, 5.41) is 0. The Bertz CT molecular complexity index is 303. The van der Waals surface area contributed by atoms with Crippen LogP contribution in [-0.2, 0) is 6.42 Å². The predicted octanol–water partition coefficient (Wildman–Crippen LogP) is 3.22. The molecule has 1 rings (SSSR count). The third-order valence-corrected chi connectivity index (χ3v) is 4.24. The number of anilines is 1. The Hall–Kier alpha value is -0.350. The number of aryl methyl sites for hydroxylation is 2. The van der Waals surface area contributed by atoms with Crippen molar-refractivity contribution in [1.82, 2.24) is 4.98 Å². The Morgan fingerprint density at radius 2 is 2.13 bits per heavy atom. The second kappa shape index (κ2) is 6.28. The molecule has 0 aliphatic carbocycles. The minimum atomic E-state index is 0.632. The van der Waals surface area contributed by atoms with Crippen LogP contribution in [-0.4, -0.2) is 17.0 Å². The van der Waals surface area contributed by atoms with Crippen LogP contribution in [0.4, 0.5) is 5.82 Å². The van der Waals surface area contributed by atoms with Crippen LogP contribution in [0.25, 0.3) is 0 Å². The minimum Gasteiger partial charge on any atom is -0.384 e. The Morgan fingerprint density at radius 3 is 2.73 bits per heavy atom. The Kier molecular flexibility index (Phi) is 5.32. The largest absolute Gasteiger partial charge is 0.384 e. The van der Waals surface area contributed by atoms with Crippen molar-refractivity contribution in [3.63, 3.8) is 0 Å². The van der Waals surface area contributed by atoms with Gasteiger partial charge in [-0.15, -0.1) is 0 Å². The second-order valence-corrected chi connectivity index (χ2v) is 6.20. The highest BCUT2D eigenvalue weighted by Crippen LogP contribution is 2.21. The Balaban J connectivity index is 2.60. The monoisotopic (exact) mass is 242 g/mol. The van der Waals surface area contributed by atoms with Crippen LogP contribution in [0, 0.1) is 13.8 Å². The summed E-state index contributed by atoms with van der Waals surface area (Å²) in [6.45, 7) is 4.16. The van der Waals surface area contributed by atoms with E-state index in [0.29, 0.717) is 5.82 Å². The number of rotatable bonds is 5. The number of aromatic nitrogens is 1. The molecular formula is C11H18N2S2. The van der Waals surface area contributed by atoms with E-state index in [9.17, 15) is 0 Å². The molecule has 0 saturated heterocycles. The molecule has 1 aromatic heterocycles. The Labute approximate surface area is 99.8 Å². The van der Waals surface area contributed by atoms with Gasteiger partial charge in [0.1, 0.15) is 5.82 Å². The van der Waals surface area contributed by atoms with Gasteiger partial charge in [0, 0.05) is 11.4 Å². The van der Waals surface area contributed by atoms with E-state index in [-0.39, 0.29) is 0 Å². The van der Waals surface area contributed by atoms with Gasteiger partial charge in [0.15, 0.2) is 0 Å². The molecule has 0 aliphatic heterocycles. The van der Waals surface area contributed by atoms with Crippen molar-refractivity contribution in [2.75, 3.05) is 17.7 Å². The highest BCUT2D eigenvalue weighted by atomic mass is 33.1. The average Bonchev–Trinajstić information content (AvgIpc) is 2.15. The fourth-order valence-electron chi connectivity index (χ4n) is 1.66. The van der Waals surface area contributed by atoms with Crippen LogP contribution in [0.15, 0.2) is 6.07 Å². The van der Waals surface area contributed by atoms with Gasteiger partial charge in [0.2, 0.25) is 0 Å². The topological polar surface area (TPSA) is 38.9 Å². The molecular weight excluding hydrogens is 224 g/mol. The summed E-state index contributed by atoms with van der Waals surface area (Å²) in [5.74, 6) is 1.83. The summed E-state index contributed by atoms with van der Waals surface area (Å²) < 4.78 is 0. The number of pyridine rings is 1. The molecule has 2 nitrogen and oxygen atoms in total. The molecule has 0 atom stereocenters. The van der Waals surface area contributed by atoms with Crippen molar-refractivity contribution in [2.45, 2.75) is 26.7 Å². The lowest BCUT2D eigenvalue weighted by Crippen LogP contribution is -2.01. The van der Waals surface area contributed by atoms with Crippen molar-refractivity contribution in [3.05, 3.63) is 22.9 Å². The molecule has 15 heavy (non-hydrogen) atoms. The summed E-state index contributed by atoms with van der Waals surface area (Å²) in [7, 11) is 3.74. The zero-order valence-electron chi connectivity index (χ0n) is 9.54. The van der Waals surface area contributed by atoms with Crippen molar-refractivity contribution in [3.8, 4) is 0 Å². The molecule has 0 bridgehead atoms. The van der Waals surface area contributed by atoms with Crippen molar-refractivity contribution in [1.29, 1.82) is 0 Å². The number of nitrogens with two attached hydrogens (primary N) is 1. The van der Waals surface area contributed by atoms with E-state index >= 15 is 0 Å². The quantitative estimate of drug-likeness (QED) is 0.635. The summed E-state index contributed by atoms with van der Waals surface area (Å²) in [6.07, 6.45) is 4.43. The fourth-order valence-corrected chi connectivity index (χ4v) is 2.94. The molecule has 1 heterocycles. The van der Waals surface area contributed by atoms with Crippen LogP contribution < -0.4 is 5.73 Å². The third kappa shape index (κ3) is 3.95. The molecule has 1 aromatic rings. The van der Waals surface area contributed by atoms with Gasteiger partial charge in [-0.25, -0.2) is 4.98 Å².